The van der Waals surface area contributed by atoms with Gasteiger partial charge in [0.1, 0.15) is 5.75 Å². The number of likely N-dealkylation sites (tertiary alicyclic amines) is 1. The van der Waals surface area contributed by atoms with Crippen molar-refractivity contribution in [1.29, 1.82) is 0 Å². The minimum absolute atomic E-state index is 0.0520. The number of benzene rings is 3. The van der Waals surface area contributed by atoms with Gasteiger partial charge in [0.2, 0.25) is 5.91 Å². The summed E-state index contributed by atoms with van der Waals surface area (Å²) in [5.74, 6) is -0.381. The largest absolute Gasteiger partial charge is 0.426 e. The Morgan fingerprint density at radius 3 is 2.09 bits per heavy atom. The maximum atomic E-state index is 12.6. The summed E-state index contributed by atoms with van der Waals surface area (Å²) in [6.45, 7) is 1.03. The number of rotatable bonds is 6. The van der Waals surface area contributed by atoms with Crippen LogP contribution in [0.3, 0.4) is 0 Å². The van der Waals surface area contributed by atoms with Gasteiger partial charge in [0.15, 0.2) is 0 Å². The fourth-order valence-electron chi connectivity index (χ4n) is 3.77. The minimum atomic E-state index is -0.298. The molecule has 1 aliphatic rings. The first kappa shape index (κ1) is 23.0. The zero-order chi connectivity index (χ0) is 23.8. The van der Waals surface area contributed by atoms with Crippen LogP contribution in [-0.4, -0.2) is 35.8 Å². The molecule has 4 rings (SSSR count). The number of amides is 2. The second kappa shape index (κ2) is 11.1. The van der Waals surface area contributed by atoms with Gasteiger partial charge in [-0.3, -0.25) is 14.4 Å². The third-order valence-electron chi connectivity index (χ3n) is 5.72. The van der Waals surface area contributed by atoms with Crippen LogP contribution in [0, 0.1) is 5.92 Å². The molecular weight excluding hydrogens is 428 g/mol. The van der Waals surface area contributed by atoms with Crippen molar-refractivity contribution in [3.8, 4) is 5.75 Å². The molecule has 1 saturated heterocycles. The molecule has 6 nitrogen and oxygen atoms in total. The number of carbonyl (C=O) groups excluding carboxylic acids is 3. The summed E-state index contributed by atoms with van der Waals surface area (Å²) in [6.07, 6.45) is 4.50. The van der Waals surface area contributed by atoms with E-state index in [-0.39, 0.29) is 23.7 Å². The number of nitrogens with one attached hydrogen (secondary N) is 1. The van der Waals surface area contributed by atoms with E-state index in [1.54, 1.807) is 65.6 Å². The van der Waals surface area contributed by atoms with Gasteiger partial charge in [0.05, 0.1) is 5.92 Å². The Morgan fingerprint density at radius 1 is 0.824 bits per heavy atom. The van der Waals surface area contributed by atoms with Gasteiger partial charge in [-0.1, -0.05) is 48.5 Å². The van der Waals surface area contributed by atoms with Crippen molar-refractivity contribution in [3.05, 3.63) is 102 Å². The van der Waals surface area contributed by atoms with Gasteiger partial charge in [-0.2, -0.15) is 0 Å². The SMILES string of the molecule is O=C(Nc1ccc(OC(=O)C2CCN(C(=O)/C=C/c3ccccc3)CC2)cc1)c1ccccc1. The zero-order valence-electron chi connectivity index (χ0n) is 18.7. The van der Waals surface area contributed by atoms with E-state index in [2.05, 4.69) is 5.32 Å². The summed E-state index contributed by atoms with van der Waals surface area (Å²) < 4.78 is 5.53. The lowest BCUT2D eigenvalue weighted by Gasteiger charge is -2.30. The maximum Gasteiger partial charge on any atom is 0.314 e. The first-order valence-electron chi connectivity index (χ1n) is 11.3. The van der Waals surface area contributed by atoms with Crippen LogP contribution in [-0.2, 0) is 9.59 Å². The van der Waals surface area contributed by atoms with Gasteiger partial charge in [-0.05, 0) is 60.9 Å². The van der Waals surface area contributed by atoms with Crippen molar-refractivity contribution in [2.75, 3.05) is 18.4 Å². The maximum absolute atomic E-state index is 12.6. The van der Waals surface area contributed by atoms with Crippen LogP contribution >= 0.6 is 0 Å². The highest BCUT2D eigenvalue weighted by Gasteiger charge is 2.28. The zero-order valence-corrected chi connectivity index (χ0v) is 18.7. The Kier molecular flexibility index (Phi) is 7.50. The van der Waals surface area contributed by atoms with Crippen LogP contribution in [0.15, 0.2) is 91.0 Å². The highest BCUT2D eigenvalue weighted by molar-refractivity contribution is 6.04. The molecule has 0 spiro atoms. The summed E-state index contributed by atoms with van der Waals surface area (Å²) in [6, 6.07) is 25.3. The van der Waals surface area contributed by atoms with Crippen molar-refractivity contribution < 1.29 is 19.1 Å². The summed E-state index contributed by atoms with van der Waals surface area (Å²) in [4.78, 5) is 39.0. The number of carbonyl (C=O) groups is 3. The third kappa shape index (κ3) is 6.19. The second-order valence-corrected chi connectivity index (χ2v) is 8.11. The van der Waals surface area contributed by atoms with E-state index in [0.717, 1.165) is 5.56 Å². The third-order valence-corrected chi connectivity index (χ3v) is 5.72. The lowest BCUT2D eigenvalue weighted by Crippen LogP contribution is -2.40. The smallest absolute Gasteiger partial charge is 0.314 e. The van der Waals surface area contributed by atoms with E-state index in [1.807, 2.05) is 36.4 Å². The van der Waals surface area contributed by atoms with Crippen LogP contribution in [0.25, 0.3) is 6.08 Å². The molecule has 0 aliphatic carbocycles. The fourth-order valence-corrected chi connectivity index (χ4v) is 3.77. The summed E-state index contributed by atoms with van der Waals surface area (Å²) in [5.41, 5.74) is 2.15. The van der Waals surface area contributed by atoms with E-state index in [1.165, 1.54) is 0 Å². The van der Waals surface area contributed by atoms with Gasteiger partial charge < -0.3 is 15.0 Å². The molecule has 0 bridgehead atoms. The molecule has 0 saturated carbocycles. The lowest BCUT2D eigenvalue weighted by atomic mass is 9.97. The predicted octanol–water partition coefficient (Wildman–Crippen LogP) is 4.80. The number of hydrogen-bond donors (Lipinski definition) is 1. The number of hydrogen-bond acceptors (Lipinski definition) is 4. The van der Waals surface area contributed by atoms with E-state index >= 15 is 0 Å². The average molecular weight is 455 g/mol. The number of esters is 1. The first-order valence-corrected chi connectivity index (χ1v) is 11.3. The number of anilines is 1. The molecule has 172 valence electrons. The van der Waals surface area contributed by atoms with Crippen molar-refractivity contribution in [1.82, 2.24) is 4.90 Å². The summed E-state index contributed by atoms with van der Waals surface area (Å²) >= 11 is 0. The monoisotopic (exact) mass is 454 g/mol. The minimum Gasteiger partial charge on any atom is -0.426 e. The van der Waals surface area contributed by atoms with Gasteiger partial charge in [0, 0.05) is 30.4 Å². The van der Waals surface area contributed by atoms with E-state index < -0.39 is 0 Å². The van der Waals surface area contributed by atoms with Gasteiger partial charge in [-0.15, -0.1) is 0 Å². The highest BCUT2D eigenvalue weighted by Crippen LogP contribution is 2.22. The predicted molar refractivity (Wildman–Crippen MR) is 131 cm³/mol. The van der Waals surface area contributed by atoms with E-state index in [0.29, 0.717) is 42.9 Å². The van der Waals surface area contributed by atoms with Crippen molar-refractivity contribution in [3.63, 3.8) is 0 Å². The van der Waals surface area contributed by atoms with Gasteiger partial charge >= 0.3 is 5.97 Å². The Balaban J connectivity index is 1.24. The Bertz CT molecular complexity index is 1150. The van der Waals surface area contributed by atoms with Crippen LogP contribution in [0.2, 0.25) is 0 Å². The van der Waals surface area contributed by atoms with Crippen LogP contribution in [0.5, 0.6) is 5.75 Å². The summed E-state index contributed by atoms with van der Waals surface area (Å²) in [7, 11) is 0. The number of piperidine rings is 1. The van der Waals surface area contributed by atoms with Crippen molar-refractivity contribution >= 4 is 29.5 Å². The molecule has 34 heavy (non-hydrogen) atoms. The lowest BCUT2D eigenvalue weighted by molar-refractivity contribution is -0.142. The van der Waals surface area contributed by atoms with Crippen LogP contribution in [0.4, 0.5) is 5.69 Å². The molecule has 2 amide bonds. The first-order chi connectivity index (χ1) is 16.6. The molecule has 3 aromatic rings. The standard InChI is InChI=1S/C28H26N2O4/c31-26(16-11-21-7-3-1-4-8-21)30-19-17-23(18-20-30)28(33)34-25-14-12-24(13-15-25)29-27(32)22-9-5-2-6-10-22/h1-16,23H,17-20H2,(H,29,32)/b16-11+. The number of nitrogens with zero attached hydrogens (tertiary/aromatic N) is 1. The topological polar surface area (TPSA) is 75.7 Å². The molecule has 1 N–H and O–H groups in total. The number of ether oxygens (including phenoxy) is 1. The molecule has 0 aromatic heterocycles. The molecule has 0 radical (unpaired) electrons. The van der Waals surface area contributed by atoms with E-state index in [4.69, 9.17) is 4.74 Å². The van der Waals surface area contributed by atoms with Gasteiger partial charge in [-0.25, -0.2) is 0 Å². The highest BCUT2D eigenvalue weighted by atomic mass is 16.5. The van der Waals surface area contributed by atoms with Crippen molar-refractivity contribution in [2.24, 2.45) is 5.92 Å². The Labute approximate surface area is 198 Å². The van der Waals surface area contributed by atoms with Crippen LogP contribution in [0.1, 0.15) is 28.8 Å². The average Bonchev–Trinajstić information content (AvgIpc) is 2.89. The molecular formula is C28H26N2O4. The second-order valence-electron chi connectivity index (χ2n) is 8.11. The Morgan fingerprint density at radius 2 is 1.44 bits per heavy atom. The van der Waals surface area contributed by atoms with Gasteiger partial charge in [0.25, 0.3) is 5.91 Å². The Hall–Kier alpha value is -4.19. The molecule has 0 unspecified atom stereocenters. The molecule has 1 heterocycles. The van der Waals surface area contributed by atoms with E-state index in [9.17, 15) is 14.4 Å². The molecule has 1 fully saturated rings. The fraction of sp³-hybridized carbons (Fsp3) is 0.179. The molecule has 3 aromatic carbocycles. The molecule has 6 heteroatoms. The van der Waals surface area contributed by atoms with Crippen molar-refractivity contribution in [2.45, 2.75) is 12.8 Å². The van der Waals surface area contributed by atoms with Crippen LogP contribution < -0.4 is 10.1 Å². The molecule has 0 atom stereocenters. The quantitative estimate of drug-likeness (QED) is 0.330. The summed E-state index contributed by atoms with van der Waals surface area (Å²) in [5, 5.41) is 2.82. The normalized spacial score (nSPS) is 14.1. The molecule has 1 aliphatic heterocycles.